The van der Waals surface area contributed by atoms with E-state index in [0.717, 1.165) is 30.9 Å². The summed E-state index contributed by atoms with van der Waals surface area (Å²) >= 11 is 4.98. The van der Waals surface area contributed by atoms with Gasteiger partial charge in [-0.05, 0) is 49.3 Å². The quantitative estimate of drug-likeness (QED) is 0.833. The van der Waals surface area contributed by atoms with Gasteiger partial charge in [0.05, 0.1) is 6.10 Å². The lowest BCUT2D eigenvalue weighted by Gasteiger charge is -2.12. The van der Waals surface area contributed by atoms with Crippen LogP contribution in [0.25, 0.3) is 0 Å². The Hall–Kier alpha value is -1.66. The van der Waals surface area contributed by atoms with Crippen LogP contribution >= 0.6 is 12.2 Å². The van der Waals surface area contributed by atoms with Crippen LogP contribution in [-0.2, 0) is 9.53 Å². The van der Waals surface area contributed by atoms with Crippen molar-refractivity contribution in [3.63, 3.8) is 0 Å². The van der Waals surface area contributed by atoms with Gasteiger partial charge in [0, 0.05) is 19.2 Å². The third-order valence-corrected chi connectivity index (χ3v) is 3.07. The zero-order valence-electron chi connectivity index (χ0n) is 11.3. The molecule has 0 radical (unpaired) electrons. The average Bonchev–Trinajstić information content (AvgIpc) is 2.90. The second-order valence-electron chi connectivity index (χ2n) is 4.61. The molecule has 1 fully saturated rings. The van der Waals surface area contributed by atoms with Crippen molar-refractivity contribution in [3.05, 3.63) is 24.3 Å². The third kappa shape index (κ3) is 4.79. The second-order valence-corrected chi connectivity index (χ2v) is 5.01. The van der Waals surface area contributed by atoms with Crippen LogP contribution in [0.15, 0.2) is 24.3 Å². The monoisotopic (exact) mass is 294 g/mol. The molecular formula is C14H18N2O3S. The maximum atomic E-state index is 10.8. The molecule has 1 amide bonds. The summed E-state index contributed by atoms with van der Waals surface area (Å²) in [6.45, 7) is 2.82. The summed E-state index contributed by atoms with van der Waals surface area (Å²) in [6, 6.07) is 7.40. The molecule has 6 heteroatoms. The topological polar surface area (TPSA) is 59.6 Å². The number of anilines is 1. The zero-order valence-corrected chi connectivity index (χ0v) is 12.2. The zero-order chi connectivity index (χ0) is 14.4. The van der Waals surface area contributed by atoms with Crippen LogP contribution in [0.3, 0.4) is 0 Å². The number of carbonyl (C=O) groups is 1. The molecule has 1 saturated heterocycles. The van der Waals surface area contributed by atoms with Crippen molar-refractivity contribution in [1.82, 2.24) is 5.32 Å². The van der Waals surface area contributed by atoms with E-state index < -0.39 is 0 Å². The molecular weight excluding hydrogens is 276 g/mol. The molecule has 20 heavy (non-hydrogen) atoms. The molecule has 0 bridgehead atoms. The number of benzene rings is 1. The van der Waals surface area contributed by atoms with Gasteiger partial charge in [-0.25, -0.2) is 0 Å². The van der Waals surface area contributed by atoms with Gasteiger partial charge in [-0.15, -0.1) is 0 Å². The number of hydrogen-bond acceptors (Lipinski definition) is 4. The Morgan fingerprint density at radius 2 is 2.20 bits per heavy atom. The molecule has 0 spiro atoms. The number of hydrogen-bond donors (Lipinski definition) is 2. The molecule has 1 aromatic carbocycles. The molecule has 108 valence electrons. The molecule has 5 nitrogen and oxygen atoms in total. The minimum Gasteiger partial charge on any atom is -0.491 e. The summed E-state index contributed by atoms with van der Waals surface area (Å²) < 4.78 is 11.2. The van der Waals surface area contributed by atoms with E-state index in [2.05, 4.69) is 10.6 Å². The molecule has 0 aromatic heterocycles. The van der Waals surface area contributed by atoms with Crippen molar-refractivity contribution in [3.8, 4) is 5.75 Å². The summed E-state index contributed by atoms with van der Waals surface area (Å²) in [5, 5.41) is 5.70. The first-order chi connectivity index (χ1) is 9.63. The van der Waals surface area contributed by atoms with Crippen molar-refractivity contribution in [2.45, 2.75) is 25.9 Å². The fourth-order valence-electron chi connectivity index (χ4n) is 1.92. The molecule has 0 aliphatic carbocycles. The number of rotatable bonds is 4. The van der Waals surface area contributed by atoms with Crippen molar-refractivity contribution >= 4 is 28.9 Å². The smallest absolute Gasteiger partial charge is 0.222 e. The molecule has 0 saturated carbocycles. The minimum atomic E-state index is -0.195. The second kappa shape index (κ2) is 7.21. The Bertz CT molecular complexity index is 470. The molecule has 1 atom stereocenters. The van der Waals surface area contributed by atoms with E-state index in [-0.39, 0.29) is 17.1 Å². The first kappa shape index (κ1) is 14.7. The number of carbonyl (C=O) groups excluding carboxylic acids is 1. The SMILES string of the molecule is CC(=O)NC(=S)Nc1ccc(OC[C@@H]2CCCO2)cc1. The highest BCUT2D eigenvalue weighted by atomic mass is 32.1. The standard InChI is InChI=1S/C14H18N2O3S/c1-10(17)15-14(20)16-11-4-6-12(7-5-11)19-9-13-3-2-8-18-13/h4-7,13H,2-3,8-9H2,1H3,(H2,15,16,17,20)/t13-/m0/s1. The molecule has 1 aliphatic rings. The van der Waals surface area contributed by atoms with E-state index in [1.165, 1.54) is 6.92 Å². The van der Waals surface area contributed by atoms with Crippen molar-refractivity contribution < 1.29 is 14.3 Å². The summed E-state index contributed by atoms with van der Waals surface area (Å²) in [4.78, 5) is 10.8. The first-order valence-electron chi connectivity index (χ1n) is 6.56. The van der Waals surface area contributed by atoms with Gasteiger partial charge in [-0.3, -0.25) is 4.79 Å². The van der Waals surface area contributed by atoms with Crippen LogP contribution in [0, 0.1) is 0 Å². The number of thiocarbonyl (C=S) groups is 1. The van der Waals surface area contributed by atoms with Gasteiger partial charge >= 0.3 is 0 Å². The van der Waals surface area contributed by atoms with E-state index in [0.29, 0.717) is 6.61 Å². The number of amides is 1. The van der Waals surface area contributed by atoms with E-state index in [9.17, 15) is 4.79 Å². The van der Waals surface area contributed by atoms with Crippen LogP contribution in [0.5, 0.6) is 5.75 Å². The Kier molecular flexibility index (Phi) is 5.31. The highest BCUT2D eigenvalue weighted by molar-refractivity contribution is 7.80. The molecule has 0 unspecified atom stereocenters. The fraction of sp³-hybridized carbons (Fsp3) is 0.429. The van der Waals surface area contributed by atoms with Gasteiger partial charge in [0.25, 0.3) is 0 Å². The lowest BCUT2D eigenvalue weighted by Crippen LogP contribution is -2.32. The third-order valence-electron chi connectivity index (χ3n) is 2.86. The Labute approximate surface area is 123 Å². The molecule has 1 aromatic rings. The van der Waals surface area contributed by atoms with Crippen LogP contribution in [0.1, 0.15) is 19.8 Å². The summed E-state index contributed by atoms with van der Waals surface area (Å²) in [5.41, 5.74) is 0.799. The summed E-state index contributed by atoms with van der Waals surface area (Å²) in [6.07, 6.45) is 2.38. The molecule has 2 rings (SSSR count). The van der Waals surface area contributed by atoms with Crippen LogP contribution in [-0.4, -0.2) is 30.3 Å². The predicted molar refractivity (Wildman–Crippen MR) is 80.9 cm³/mol. The fourth-order valence-corrected chi connectivity index (χ4v) is 2.18. The summed E-state index contributed by atoms with van der Waals surface area (Å²) in [7, 11) is 0. The van der Waals surface area contributed by atoms with Crippen LogP contribution in [0.4, 0.5) is 5.69 Å². The van der Waals surface area contributed by atoms with Gasteiger partial charge in [-0.2, -0.15) is 0 Å². The van der Waals surface area contributed by atoms with Gasteiger partial charge < -0.3 is 20.1 Å². The van der Waals surface area contributed by atoms with Crippen LogP contribution in [0.2, 0.25) is 0 Å². The van der Waals surface area contributed by atoms with Gasteiger partial charge in [-0.1, -0.05) is 0 Å². The number of ether oxygens (including phenoxy) is 2. The Morgan fingerprint density at radius 1 is 1.45 bits per heavy atom. The normalized spacial score (nSPS) is 17.6. The lowest BCUT2D eigenvalue weighted by molar-refractivity contribution is -0.117. The van der Waals surface area contributed by atoms with E-state index in [1.807, 2.05) is 24.3 Å². The Balaban J connectivity index is 1.79. The van der Waals surface area contributed by atoms with E-state index >= 15 is 0 Å². The average molecular weight is 294 g/mol. The number of nitrogens with one attached hydrogen (secondary N) is 2. The molecule has 2 N–H and O–H groups in total. The van der Waals surface area contributed by atoms with Gasteiger partial charge in [0.15, 0.2) is 5.11 Å². The van der Waals surface area contributed by atoms with Gasteiger partial charge in [0.2, 0.25) is 5.91 Å². The predicted octanol–water partition coefficient (Wildman–Crippen LogP) is 2.08. The largest absolute Gasteiger partial charge is 0.491 e. The lowest BCUT2D eigenvalue weighted by atomic mass is 10.2. The van der Waals surface area contributed by atoms with Crippen molar-refractivity contribution in [2.24, 2.45) is 0 Å². The summed E-state index contributed by atoms with van der Waals surface area (Å²) in [5.74, 6) is 0.593. The molecule has 1 aliphatic heterocycles. The van der Waals surface area contributed by atoms with E-state index in [1.54, 1.807) is 0 Å². The van der Waals surface area contributed by atoms with E-state index in [4.69, 9.17) is 21.7 Å². The van der Waals surface area contributed by atoms with Crippen molar-refractivity contribution in [1.29, 1.82) is 0 Å². The first-order valence-corrected chi connectivity index (χ1v) is 6.97. The maximum Gasteiger partial charge on any atom is 0.222 e. The highest BCUT2D eigenvalue weighted by Crippen LogP contribution is 2.18. The maximum absolute atomic E-state index is 10.8. The highest BCUT2D eigenvalue weighted by Gasteiger charge is 2.15. The van der Waals surface area contributed by atoms with Gasteiger partial charge in [0.1, 0.15) is 12.4 Å². The van der Waals surface area contributed by atoms with Crippen molar-refractivity contribution in [2.75, 3.05) is 18.5 Å². The molecule has 1 heterocycles. The Morgan fingerprint density at radius 3 is 2.80 bits per heavy atom. The minimum absolute atomic E-state index is 0.195. The van der Waals surface area contributed by atoms with Crippen LogP contribution < -0.4 is 15.4 Å².